The summed E-state index contributed by atoms with van der Waals surface area (Å²) in [5.41, 5.74) is 1.64. The highest BCUT2D eigenvalue weighted by atomic mass is 32.2. The van der Waals surface area contributed by atoms with Gasteiger partial charge in [-0.25, -0.2) is 4.98 Å². The fourth-order valence-electron chi connectivity index (χ4n) is 4.56. The van der Waals surface area contributed by atoms with Crippen LogP contribution in [-0.4, -0.2) is 40.9 Å². The van der Waals surface area contributed by atoms with Gasteiger partial charge >= 0.3 is 0 Å². The van der Waals surface area contributed by atoms with Crippen LogP contribution in [-0.2, 0) is 11.3 Å². The van der Waals surface area contributed by atoms with Gasteiger partial charge in [-0.1, -0.05) is 36.9 Å². The SMILES string of the molecule is CCOc1ccccc1NC(=O)C(CC)Sc1nc2cc3c(cc2c(=O)n1Cc1ccc2c(c1)OCO2)OCO3. The van der Waals surface area contributed by atoms with E-state index in [0.29, 0.717) is 63.5 Å². The molecule has 1 unspecified atom stereocenters. The molecule has 0 saturated heterocycles. The van der Waals surface area contributed by atoms with Gasteiger partial charge in [-0.15, -0.1) is 0 Å². The van der Waals surface area contributed by atoms with Crippen molar-refractivity contribution in [3.05, 3.63) is 70.5 Å². The fourth-order valence-corrected chi connectivity index (χ4v) is 5.57. The lowest BCUT2D eigenvalue weighted by molar-refractivity contribution is -0.115. The van der Waals surface area contributed by atoms with Gasteiger partial charge in [-0.3, -0.25) is 14.2 Å². The Labute approximate surface area is 234 Å². The lowest BCUT2D eigenvalue weighted by Crippen LogP contribution is -2.28. The van der Waals surface area contributed by atoms with Crippen molar-refractivity contribution in [3.8, 4) is 28.7 Å². The first-order valence-corrected chi connectivity index (χ1v) is 13.8. The summed E-state index contributed by atoms with van der Waals surface area (Å²) in [6.07, 6.45) is 0.506. The van der Waals surface area contributed by atoms with E-state index in [-0.39, 0.29) is 31.6 Å². The molecule has 1 atom stereocenters. The summed E-state index contributed by atoms with van der Waals surface area (Å²) < 4.78 is 29.2. The van der Waals surface area contributed by atoms with Gasteiger partial charge < -0.3 is 29.0 Å². The number of nitrogens with zero attached hydrogens (tertiary/aromatic N) is 2. The molecule has 3 heterocycles. The molecular weight excluding hydrogens is 534 g/mol. The minimum Gasteiger partial charge on any atom is -0.492 e. The van der Waals surface area contributed by atoms with Crippen LogP contribution in [0.4, 0.5) is 5.69 Å². The minimum absolute atomic E-state index is 0.0833. The summed E-state index contributed by atoms with van der Waals surface area (Å²) in [5, 5.41) is 3.26. The fraction of sp³-hybridized carbons (Fsp3) is 0.276. The lowest BCUT2D eigenvalue weighted by atomic mass is 10.2. The van der Waals surface area contributed by atoms with Gasteiger partial charge in [0.2, 0.25) is 19.5 Å². The van der Waals surface area contributed by atoms with Crippen LogP contribution in [0.15, 0.2) is 64.5 Å². The Morgan fingerprint density at radius 1 is 1.00 bits per heavy atom. The third-order valence-corrected chi connectivity index (χ3v) is 7.90. The lowest BCUT2D eigenvalue weighted by Gasteiger charge is -2.19. The van der Waals surface area contributed by atoms with Crippen molar-refractivity contribution in [2.45, 2.75) is 37.2 Å². The van der Waals surface area contributed by atoms with Gasteiger partial charge in [-0.2, -0.15) is 0 Å². The average Bonchev–Trinajstić information content (AvgIpc) is 3.62. The number of fused-ring (bicyclic) bond motifs is 3. The summed E-state index contributed by atoms with van der Waals surface area (Å²) in [5.74, 6) is 2.69. The molecule has 1 aromatic heterocycles. The third-order valence-electron chi connectivity index (χ3n) is 6.55. The van der Waals surface area contributed by atoms with E-state index in [4.69, 9.17) is 28.7 Å². The first kappa shape index (κ1) is 25.9. The van der Waals surface area contributed by atoms with Gasteiger partial charge in [0.05, 0.1) is 35.0 Å². The Balaban J connectivity index is 1.37. The second-order valence-corrected chi connectivity index (χ2v) is 10.3. The van der Waals surface area contributed by atoms with Gasteiger partial charge in [0.1, 0.15) is 5.75 Å². The molecule has 4 aromatic rings. The molecule has 10 nitrogen and oxygen atoms in total. The zero-order valence-electron chi connectivity index (χ0n) is 22.0. The molecule has 206 valence electrons. The van der Waals surface area contributed by atoms with Crippen molar-refractivity contribution in [2.75, 3.05) is 25.5 Å². The highest BCUT2D eigenvalue weighted by molar-refractivity contribution is 8.00. The summed E-state index contributed by atoms with van der Waals surface area (Å²) in [6.45, 7) is 4.75. The smallest absolute Gasteiger partial charge is 0.262 e. The van der Waals surface area contributed by atoms with E-state index in [2.05, 4.69) is 5.32 Å². The number of carbonyl (C=O) groups is 1. The summed E-state index contributed by atoms with van der Waals surface area (Å²) in [6, 6.07) is 16.2. The second-order valence-electron chi connectivity index (χ2n) is 9.13. The van der Waals surface area contributed by atoms with Crippen molar-refractivity contribution >= 4 is 34.3 Å². The summed E-state index contributed by atoms with van der Waals surface area (Å²) >= 11 is 1.24. The standard InChI is InChI=1S/C29H27N3O7S/c1-3-26(27(33)30-19-7-5-6-8-21(19)35-4-2)40-29-31-20-13-25-24(38-16-39-25)12-18(20)28(34)32(29)14-17-9-10-22-23(11-17)37-15-36-22/h5-13,26H,3-4,14-16H2,1-2H3,(H,30,33). The Hall–Kier alpha value is -4.38. The zero-order chi connectivity index (χ0) is 27.6. The highest BCUT2D eigenvalue weighted by Crippen LogP contribution is 2.37. The average molecular weight is 562 g/mol. The molecule has 0 bridgehead atoms. The number of aromatic nitrogens is 2. The number of nitrogens with one attached hydrogen (secondary N) is 1. The predicted molar refractivity (Wildman–Crippen MR) is 150 cm³/mol. The van der Waals surface area contributed by atoms with Crippen LogP contribution in [0.2, 0.25) is 0 Å². The van der Waals surface area contributed by atoms with Gasteiger partial charge in [0.25, 0.3) is 5.56 Å². The molecule has 1 N–H and O–H groups in total. The van der Waals surface area contributed by atoms with E-state index in [1.54, 1.807) is 22.8 Å². The molecule has 0 spiro atoms. The van der Waals surface area contributed by atoms with E-state index < -0.39 is 5.25 Å². The number of ether oxygens (including phenoxy) is 5. The first-order chi connectivity index (χ1) is 19.5. The number of hydrogen-bond acceptors (Lipinski definition) is 9. The van der Waals surface area contributed by atoms with Crippen LogP contribution in [0.3, 0.4) is 0 Å². The summed E-state index contributed by atoms with van der Waals surface area (Å²) in [4.78, 5) is 32.1. The van der Waals surface area contributed by atoms with Crippen LogP contribution in [0.5, 0.6) is 28.7 Å². The molecule has 0 saturated carbocycles. The molecular formula is C29H27N3O7S. The molecule has 1 amide bonds. The molecule has 6 rings (SSSR count). The molecule has 11 heteroatoms. The highest BCUT2D eigenvalue weighted by Gasteiger charge is 2.25. The number of amides is 1. The maximum Gasteiger partial charge on any atom is 0.262 e. The van der Waals surface area contributed by atoms with Crippen LogP contribution < -0.4 is 34.6 Å². The second kappa shape index (κ2) is 11.0. The number of hydrogen-bond donors (Lipinski definition) is 1. The van der Waals surface area contributed by atoms with Gasteiger partial charge in [0, 0.05) is 6.07 Å². The van der Waals surface area contributed by atoms with Crippen molar-refractivity contribution < 1.29 is 28.5 Å². The number of carbonyl (C=O) groups excluding carboxylic acids is 1. The predicted octanol–water partition coefficient (Wildman–Crippen LogP) is 4.81. The van der Waals surface area contributed by atoms with E-state index in [1.807, 2.05) is 50.2 Å². The number of para-hydroxylation sites is 2. The normalized spacial score (nSPS) is 13.8. The maximum atomic E-state index is 13.9. The maximum absolute atomic E-state index is 13.9. The number of rotatable bonds is 9. The number of benzene rings is 3. The van der Waals surface area contributed by atoms with Crippen LogP contribution in [0.1, 0.15) is 25.8 Å². The van der Waals surface area contributed by atoms with Crippen molar-refractivity contribution in [2.24, 2.45) is 0 Å². The molecule has 3 aromatic carbocycles. The quantitative estimate of drug-likeness (QED) is 0.227. The van der Waals surface area contributed by atoms with E-state index in [0.717, 1.165) is 5.56 Å². The van der Waals surface area contributed by atoms with E-state index in [9.17, 15) is 9.59 Å². The zero-order valence-corrected chi connectivity index (χ0v) is 22.8. The van der Waals surface area contributed by atoms with Crippen LogP contribution >= 0.6 is 11.8 Å². The monoisotopic (exact) mass is 561 g/mol. The topological polar surface area (TPSA) is 110 Å². The van der Waals surface area contributed by atoms with Crippen molar-refractivity contribution in [1.82, 2.24) is 9.55 Å². The van der Waals surface area contributed by atoms with E-state index in [1.165, 1.54) is 11.8 Å². The molecule has 2 aliphatic heterocycles. The third kappa shape index (κ3) is 5.00. The van der Waals surface area contributed by atoms with Gasteiger partial charge in [0.15, 0.2) is 28.2 Å². The van der Waals surface area contributed by atoms with Crippen molar-refractivity contribution in [3.63, 3.8) is 0 Å². The molecule has 2 aliphatic rings. The number of thioether (sulfide) groups is 1. The largest absolute Gasteiger partial charge is 0.492 e. The molecule has 0 aliphatic carbocycles. The van der Waals surface area contributed by atoms with Crippen LogP contribution in [0.25, 0.3) is 10.9 Å². The minimum atomic E-state index is -0.531. The Morgan fingerprint density at radius 3 is 2.50 bits per heavy atom. The summed E-state index contributed by atoms with van der Waals surface area (Å²) in [7, 11) is 0. The number of anilines is 1. The van der Waals surface area contributed by atoms with Crippen molar-refractivity contribution in [1.29, 1.82) is 0 Å². The Morgan fingerprint density at radius 2 is 1.73 bits per heavy atom. The van der Waals surface area contributed by atoms with E-state index >= 15 is 0 Å². The Bertz CT molecular complexity index is 1660. The van der Waals surface area contributed by atoms with Gasteiger partial charge in [-0.05, 0) is 49.2 Å². The first-order valence-electron chi connectivity index (χ1n) is 13.0. The van der Waals surface area contributed by atoms with Crippen LogP contribution in [0, 0.1) is 0 Å². The Kier molecular flexibility index (Phi) is 7.12. The molecule has 0 radical (unpaired) electrons. The molecule has 0 fully saturated rings. The molecule has 40 heavy (non-hydrogen) atoms.